The minimum Gasteiger partial charge on any atom is -0.507 e. The standard InChI is InChI=1S/C38H45N3O10/c1-23-11-10-14-26(42)13-7-5-6-12-24-19-28(43)35(36(46)34(24)38(47)51-23)27(25-20-29(48-2)37(50-4)30(21-25)49-3)22-33(45)40-18-16-32(44)41-31-15-8-9-17-39-31/h6,8-9,12,15,17,19-21,23,27,43,46H,5,7,10-11,13-14,16,18,22H2,1-4H3,(H,40,45)(H,39,41,44)/t23-,27?/m0/s1. The summed E-state index contributed by atoms with van der Waals surface area (Å²) < 4.78 is 22.3. The molecule has 1 unspecified atom stereocenters. The van der Waals surface area contributed by atoms with Crippen molar-refractivity contribution in [2.24, 2.45) is 0 Å². The van der Waals surface area contributed by atoms with E-state index < -0.39 is 29.6 Å². The van der Waals surface area contributed by atoms with Gasteiger partial charge in [-0.2, -0.15) is 0 Å². The Morgan fingerprint density at radius 1 is 1.00 bits per heavy atom. The summed E-state index contributed by atoms with van der Waals surface area (Å²) >= 11 is 0. The number of cyclic esters (lactones) is 1. The van der Waals surface area contributed by atoms with Crippen LogP contribution >= 0.6 is 0 Å². The number of aromatic hydroxyl groups is 2. The Labute approximate surface area is 297 Å². The molecule has 0 spiro atoms. The molecule has 2 heterocycles. The van der Waals surface area contributed by atoms with E-state index in [4.69, 9.17) is 18.9 Å². The fourth-order valence-corrected chi connectivity index (χ4v) is 5.92. The van der Waals surface area contributed by atoms with Gasteiger partial charge < -0.3 is 39.8 Å². The summed E-state index contributed by atoms with van der Waals surface area (Å²) in [5.41, 5.74) is 0.321. The van der Waals surface area contributed by atoms with Crippen LogP contribution < -0.4 is 24.8 Å². The number of phenolic OH excluding ortho intramolecular Hbond substituents is 2. The van der Waals surface area contributed by atoms with Gasteiger partial charge >= 0.3 is 5.97 Å². The van der Waals surface area contributed by atoms with Crippen LogP contribution in [0.5, 0.6) is 28.7 Å². The number of aromatic nitrogens is 1. The third-order valence-electron chi connectivity index (χ3n) is 8.49. The molecule has 3 aromatic rings. The third kappa shape index (κ3) is 10.2. The van der Waals surface area contributed by atoms with Crippen LogP contribution in [0, 0.1) is 0 Å². The summed E-state index contributed by atoms with van der Waals surface area (Å²) in [4.78, 5) is 55.9. The third-order valence-corrected chi connectivity index (χ3v) is 8.49. The number of pyridine rings is 1. The second kappa shape index (κ2) is 18.4. The Balaban J connectivity index is 1.74. The zero-order valence-corrected chi connectivity index (χ0v) is 29.3. The van der Waals surface area contributed by atoms with E-state index in [1.807, 2.05) is 0 Å². The van der Waals surface area contributed by atoms with Crippen LogP contribution in [0.25, 0.3) is 6.08 Å². The van der Waals surface area contributed by atoms with Crippen molar-refractivity contribution >= 4 is 35.5 Å². The quantitative estimate of drug-likeness (QED) is 0.181. The van der Waals surface area contributed by atoms with Gasteiger partial charge in [-0.15, -0.1) is 0 Å². The van der Waals surface area contributed by atoms with Gasteiger partial charge in [0, 0.05) is 49.9 Å². The SMILES string of the molecule is COc1cc(C(CC(=O)NCCC(=O)Nc2ccccn2)c2c(O)cc3c(c2O)C(=O)O[C@@H](C)CCCC(=O)CCCC=C3)cc(OC)c1OC. The van der Waals surface area contributed by atoms with E-state index in [-0.39, 0.29) is 70.8 Å². The summed E-state index contributed by atoms with van der Waals surface area (Å²) in [6, 6.07) is 9.62. The van der Waals surface area contributed by atoms with Gasteiger partial charge in [0.25, 0.3) is 0 Å². The normalized spacial score (nSPS) is 15.8. The monoisotopic (exact) mass is 703 g/mol. The average Bonchev–Trinajstić information content (AvgIpc) is 3.10. The van der Waals surface area contributed by atoms with Gasteiger partial charge in [-0.25, -0.2) is 9.78 Å². The van der Waals surface area contributed by atoms with Crippen LogP contribution in [0.15, 0.2) is 48.7 Å². The Morgan fingerprint density at radius 2 is 1.73 bits per heavy atom. The molecule has 2 amide bonds. The van der Waals surface area contributed by atoms with E-state index in [0.29, 0.717) is 49.9 Å². The van der Waals surface area contributed by atoms with Gasteiger partial charge in [0.1, 0.15) is 28.7 Å². The van der Waals surface area contributed by atoms with Gasteiger partial charge in [0.15, 0.2) is 11.5 Å². The van der Waals surface area contributed by atoms with Crippen molar-refractivity contribution in [3.8, 4) is 28.7 Å². The highest BCUT2D eigenvalue weighted by Crippen LogP contribution is 2.47. The molecule has 51 heavy (non-hydrogen) atoms. The van der Waals surface area contributed by atoms with Crippen LogP contribution in [-0.2, 0) is 19.1 Å². The highest BCUT2D eigenvalue weighted by Gasteiger charge is 2.32. The van der Waals surface area contributed by atoms with Crippen molar-refractivity contribution in [3.05, 3.63) is 70.9 Å². The summed E-state index contributed by atoms with van der Waals surface area (Å²) in [6.45, 7) is 1.70. The fourth-order valence-electron chi connectivity index (χ4n) is 5.92. The number of amides is 2. The molecule has 4 N–H and O–H groups in total. The molecular weight excluding hydrogens is 658 g/mol. The lowest BCUT2D eigenvalue weighted by Crippen LogP contribution is -2.29. The largest absolute Gasteiger partial charge is 0.507 e. The molecular formula is C38H45N3O10. The highest BCUT2D eigenvalue weighted by molar-refractivity contribution is 5.98. The lowest BCUT2D eigenvalue weighted by atomic mass is 9.84. The smallest absolute Gasteiger partial charge is 0.342 e. The van der Waals surface area contributed by atoms with Crippen molar-refractivity contribution < 1.29 is 48.3 Å². The van der Waals surface area contributed by atoms with Gasteiger partial charge in [-0.1, -0.05) is 18.2 Å². The molecule has 272 valence electrons. The molecule has 2 aromatic carbocycles. The number of phenols is 2. The minimum atomic E-state index is -1.06. The van der Waals surface area contributed by atoms with E-state index in [1.54, 1.807) is 55.6 Å². The lowest BCUT2D eigenvalue weighted by Gasteiger charge is -2.24. The molecule has 0 aliphatic carbocycles. The fraction of sp³-hybridized carbons (Fsp3) is 0.395. The molecule has 1 aromatic heterocycles. The minimum absolute atomic E-state index is 0.0117. The lowest BCUT2D eigenvalue weighted by molar-refractivity contribution is -0.121. The number of hydrogen-bond acceptors (Lipinski definition) is 11. The zero-order chi connectivity index (χ0) is 36.9. The number of hydrogen-bond donors (Lipinski definition) is 4. The number of fused-ring (bicyclic) bond motifs is 1. The van der Waals surface area contributed by atoms with E-state index in [0.717, 1.165) is 0 Å². The number of anilines is 1. The summed E-state index contributed by atoms with van der Waals surface area (Å²) in [7, 11) is 4.30. The summed E-state index contributed by atoms with van der Waals surface area (Å²) in [5.74, 6) is -2.36. The second-order valence-corrected chi connectivity index (χ2v) is 12.1. The number of nitrogens with zero attached hydrogens (tertiary/aromatic N) is 1. The van der Waals surface area contributed by atoms with E-state index in [2.05, 4.69) is 15.6 Å². The molecule has 4 rings (SSSR count). The van der Waals surface area contributed by atoms with Crippen LogP contribution in [0.1, 0.15) is 91.3 Å². The maximum absolute atomic E-state index is 13.7. The first kappa shape index (κ1) is 38.2. The molecule has 2 atom stereocenters. The first-order valence-electron chi connectivity index (χ1n) is 16.8. The number of carbonyl (C=O) groups is 4. The molecule has 0 radical (unpaired) electrons. The maximum Gasteiger partial charge on any atom is 0.342 e. The Kier molecular flexibility index (Phi) is 13.8. The predicted octanol–water partition coefficient (Wildman–Crippen LogP) is 5.67. The first-order chi connectivity index (χ1) is 24.6. The van der Waals surface area contributed by atoms with E-state index in [1.165, 1.54) is 27.4 Å². The number of esters is 1. The summed E-state index contributed by atoms with van der Waals surface area (Å²) in [5, 5.41) is 28.8. The topological polar surface area (TPSA) is 183 Å². The Morgan fingerprint density at radius 3 is 2.39 bits per heavy atom. The molecule has 13 nitrogen and oxygen atoms in total. The zero-order valence-electron chi connectivity index (χ0n) is 29.3. The number of methoxy groups -OCH3 is 3. The molecule has 0 saturated heterocycles. The van der Waals surface area contributed by atoms with Crippen LogP contribution in [0.2, 0.25) is 0 Å². The van der Waals surface area contributed by atoms with Gasteiger partial charge in [-0.05, 0) is 74.1 Å². The van der Waals surface area contributed by atoms with Crippen LogP contribution in [0.3, 0.4) is 0 Å². The number of allylic oxidation sites excluding steroid dienone is 1. The van der Waals surface area contributed by atoms with Crippen molar-refractivity contribution in [3.63, 3.8) is 0 Å². The number of nitrogens with one attached hydrogen (secondary N) is 2. The number of carbonyl (C=O) groups excluding carboxylic acids is 4. The highest BCUT2D eigenvalue weighted by atomic mass is 16.5. The number of ketones is 1. The molecule has 0 saturated carbocycles. The number of Topliss-reactive ketones (excluding diaryl/α,β-unsaturated/α-hetero) is 1. The maximum atomic E-state index is 13.7. The van der Waals surface area contributed by atoms with Gasteiger partial charge in [0.05, 0.1) is 27.4 Å². The van der Waals surface area contributed by atoms with Crippen molar-refractivity contribution in [2.45, 2.75) is 70.3 Å². The predicted molar refractivity (Wildman–Crippen MR) is 189 cm³/mol. The second-order valence-electron chi connectivity index (χ2n) is 12.1. The molecule has 0 fully saturated rings. The number of ether oxygens (including phenoxy) is 4. The molecule has 0 bridgehead atoms. The average molecular weight is 704 g/mol. The van der Waals surface area contributed by atoms with Crippen molar-refractivity contribution in [1.82, 2.24) is 10.3 Å². The number of benzene rings is 2. The van der Waals surface area contributed by atoms with Crippen molar-refractivity contribution in [1.29, 1.82) is 0 Å². The van der Waals surface area contributed by atoms with Gasteiger partial charge in [0.2, 0.25) is 17.6 Å². The molecule has 1 aliphatic rings. The van der Waals surface area contributed by atoms with E-state index in [9.17, 15) is 29.4 Å². The van der Waals surface area contributed by atoms with Crippen LogP contribution in [0.4, 0.5) is 5.82 Å². The van der Waals surface area contributed by atoms with E-state index >= 15 is 0 Å². The number of rotatable bonds is 11. The molecule has 13 heteroatoms. The van der Waals surface area contributed by atoms with Gasteiger partial charge in [-0.3, -0.25) is 14.4 Å². The first-order valence-corrected chi connectivity index (χ1v) is 16.8. The summed E-state index contributed by atoms with van der Waals surface area (Å²) in [6.07, 6.45) is 6.93. The Hall–Kier alpha value is -5.59. The van der Waals surface area contributed by atoms with Crippen LogP contribution in [-0.4, -0.2) is 72.7 Å². The molecule has 1 aliphatic heterocycles. The Bertz CT molecular complexity index is 1720. The van der Waals surface area contributed by atoms with Crippen molar-refractivity contribution in [2.75, 3.05) is 33.2 Å².